The van der Waals surface area contributed by atoms with Crippen molar-refractivity contribution in [3.63, 3.8) is 0 Å². The SMILES string of the molecule is COc1c(C[C@H](NC(=O)Cn2cc(CNC(=O)CNC(=O)OC(C)(C)C)nn2)B2O[C@@H]3C[C@@H]4C[C@@H](C4(C)C)[C@]3(C)O2)cccc1C(=O)O. The highest BCUT2D eigenvalue weighted by molar-refractivity contribution is 6.48. The molecule has 260 valence electrons. The number of aromatic carboxylic acids is 1. The third-order valence-corrected chi connectivity index (χ3v) is 9.77. The van der Waals surface area contributed by atoms with Gasteiger partial charge in [-0.15, -0.1) is 5.10 Å². The predicted molar refractivity (Wildman–Crippen MR) is 172 cm³/mol. The van der Waals surface area contributed by atoms with Gasteiger partial charge < -0.3 is 39.8 Å². The molecule has 0 radical (unpaired) electrons. The van der Waals surface area contributed by atoms with Crippen molar-refractivity contribution in [3.8, 4) is 5.75 Å². The molecule has 4 aliphatic rings. The number of nitrogens with one attached hydrogen (secondary N) is 3. The normalized spacial score (nSPS) is 24.5. The summed E-state index contributed by atoms with van der Waals surface area (Å²) in [6.07, 6.45) is 2.82. The van der Waals surface area contributed by atoms with E-state index in [1.807, 2.05) is 0 Å². The van der Waals surface area contributed by atoms with Gasteiger partial charge in [0.05, 0.1) is 37.5 Å². The van der Waals surface area contributed by atoms with E-state index in [2.05, 4.69) is 47.0 Å². The molecule has 1 saturated heterocycles. The third-order valence-electron chi connectivity index (χ3n) is 9.77. The van der Waals surface area contributed by atoms with Crippen LogP contribution < -0.4 is 20.7 Å². The highest BCUT2D eigenvalue weighted by Crippen LogP contribution is 2.65. The van der Waals surface area contributed by atoms with Crippen LogP contribution in [0.2, 0.25) is 0 Å². The van der Waals surface area contributed by atoms with E-state index in [1.165, 1.54) is 24.1 Å². The van der Waals surface area contributed by atoms with Crippen molar-refractivity contribution in [1.82, 2.24) is 30.9 Å². The average Bonchev–Trinajstić information content (AvgIpc) is 3.60. The van der Waals surface area contributed by atoms with Crippen molar-refractivity contribution in [3.05, 3.63) is 41.2 Å². The summed E-state index contributed by atoms with van der Waals surface area (Å²) in [6, 6.07) is 4.86. The molecule has 0 spiro atoms. The number of alkyl carbamates (subject to hydrolysis) is 1. The summed E-state index contributed by atoms with van der Waals surface area (Å²) < 4.78 is 25.2. The number of methoxy groups -OCH3 is 1. The van der Waals surface area contributed by atoms with Crippen molar-refractivity contribution in [2.24, 2.45) is 17.3 Å². The molecule has 4 N–H and O–H groups in total. The van der Waals surface area contributed by atoms with Crippen LogP contribution in [0.15, 0.2) is 24.4 Å². The quantitative estimate of drug-likeness (QED) is 0.242. The number of carboxylic acid groups (broad SMARTS) is 1. The van der Waals surface area contributed by atoms with Crippen LogP contribution in [0.5, 0.6) is 5.75 Å². The van der Waals surface area contributed by atoms with Gasteiger partial charge in [-0.1, -0.05) is 31.2 Å². The molecular formula is C32H45BN6O9. The number of ether oxygens (including phenoxy) is 2. The maximum Gasteiger partial charge on any atom is 0.482 e. The fourth-order valence-electron chi connectivity index (χ4n) is 7.29. The molecule has 2 aromatic rings. The van der Waals surface area contributed by atoms with E-state index in [4.69, 9.17) is 18.8 Å². The molecule has 3 saturated carbocycles. The first-order chi connectivity index (χ1) is 22.5. The van der Waals surface area contributed by atoms with Gasteiger partial charge in [-0.25, -0.2) is 14.3 Å². The molecule has 2 heterocycles. The average molecular weight is 669 g/mol. The Hall–Kier alpha value is -4.18. The Morgan fingerprint density at radius 2 is 1.90 bits per heavy atom. The van der Waals surface area contributed by atoms with Crippen molar-refractivity contribution in [2.45, 2.75) is 97.1 Å². The Bertz CT molecular complexity index is 1560. The van der Waals surface area contributed by atoms with E-state index < -0.39 is 48.1 Å². The van der Waals surface area contributed by atoms with Gasteiger partial charge in [-0.3, -0.25) is 9.59 Å². The highest BCUT2D eigenvalue weighted by atomic mass is 16.7. The Kier molecular flexibility index (Phi) is 9.80. The van der Waals surface area contributed by atoms with E-state index in [0.717, 1.165) is 12.8 Å². The zero-order valence-electron chi connectivity index (χ0n) is 28.5. The molecule has 16 heteroatoms. The predicted octanol–water partition coefficient (Wildman–Crippen LogP) is 2.12. The summed E-state index contributed by atoms with van der Waals surface area (Å²) in [5, 5.41) is 25.8. The number of nitrogens with zero attached hydrogens (tertiary/aromatic N) is 3. The standard InChI is InChI=1S/C32H45BN6O9/c1-30(2,3)46-29(44)35-15-25(40)34-14-20-16-39(38-37-20)17-26(41)36-24(11-18-9-8-10-21(28(42)43)27(18)45-7)33-47-23-13-19-12-22(31(19,4)5)32(23,6)48-33/h8-10,16,19,22-24H,11-15,17H2,1-7H3,(H,34,40)(H,35,44)(H,36,41)(H,42,43)/t19-,22-,23+,24-,32-/m0/s1. The zero-order chi connectivity index (χ0) is 35.0. The lowest BCUT2D eigenvalue weighted by molar-refractivity contribution is -0.199. The first-order valence-corrected chi connectivity index (χ1v) is 16.1. The minimum Gasteiger partial charge on any atom is -0.496 e. The van der Waals surface area contributed by atoms with Crippen LogP contribution in [-0.4, -0.2) is 88.0 Å². The number of para-hydroxylation sites is 1. The van der Waals surface area contributed by atoms with Crippen molar-refractivity contribution < 1.29 is 43.1 Å². The smallest absolute Gasteiger partial charge is 0.482 e. The van der Waals surface area contributed by atoms with Crippen molar-refractivity contribution in [1.29, 1.82) is 0 Å². The van der Waals surface area contributed by atoms with Gasteiger partial charge in [-0.2, -0.15) is 0 Å². The lowest BCUT2D eigenvalue weighted by Crippen LogP contribution is -2.65. The molecule has 48 heavy (non-hydrogen) atoms. The molecule has 1 aliphatic heterocycles. The van der Waals surface area contributed by atoms with Crippen LogP contribution in [0.4, 0.5) is 4.79 Å². The number of amides is 3. The second kappa shape index (κ2) is 13.4. The molecule has 15 nitrogen and oxygen atoms in total. The molecule has 3 aliphatic carbocycles. The van der Waals surface area contributed by atoms with Crippen LogP contribution in [-0.2, 0) is 43.1 Å². The summed E-state index contributed by atoms with van der Waals surface area (Å²) >= 11 is 0. The van der Waals surface area contributed by atoms with E-state index in [9.17, 15) is 24.3 Å². The van der Waals surface area contributed by atoms with Crippen LogP contribution in [0.25, 0.3) is 0 Å². The van der Waals surface area contributed by atoms with Crippen LogP contribution in [0, 0.1) is 17.3 Å². The lowest BCUT2D eigenvalue weighted by atomic mass is 9.43. The number of carbonyl (C=O) groups is 4. The van der Waals surface area contributed by atoms with Gasteiger partial charge in [0.25, 0.3) is 0 Å². The Morgan fingerprint density at radius 3 is 2.56 bits per heavy atom. The zero-order valence-corrected chi connectivity index (χ0v) is 28.5. The van der Waals surface area contributed by atoms with Gasteiger partial charge in [0.2, 0.25) is 11.8 Å². The maximum absolute atomic E-state index is 13.4. The van der Waals surface area contributed by atoms with E-state index in [1.54, 1.807) is 32.9 Å². The van der Waals surface area contributed by atoms with Gasteiger partial charge in [0.1, 0.15) is 35.7 Å². The number of aromatic nitrogens is 3. The molecule has 0 unspecified atom stereocenters. The lowest BCUT2D eigenvalue weighted by Gasteiger charge is -2.64. The first kappa shape index (κ1) is 35.1. The number of carbonyl (C=O) groups excluding carboxylic acids is 3. The van der Waals surface area contributed by atoms with E-state index >= 15 is 0 Å². The number of hydrogen-bond acceptors (Lipinski definition) is 10. The summed E-state index contributed by atoms with van der Waals surface area (Å²) in [4.78, 5) is 49.3. The molecule has 6 rings (SSSR count). The topological polar surface area (TPSA) is 192 Å². The van der Waals surface area contributed by atoms with Crippen LogP contribution in [0.1, 0.15) is 76.0 Å². The molecule has 1 aromatic heterocycles. The minimum atomic E-state index is -1.12. The molecule has 2 bridgehead atoms. The van der Waals surface area contributed by atoms with Crippen LogP contribution in [0.3, 0.4) is 0 Å². The molecule has 3 amide bonds. The Labute approximate surface area is 279 Å². The van der Waals surface area contributed by atoms with Crippen molar-refractivity contribution >= 4 is 31.0 Å². The molecule has 4 fully saturated rings. The second-order valence-corrected chi connectivity index (χ2v) is 14.6. The van der Waals surface area contributed by atoms with Crippen LogP contribution >= 0.6 is 0 Å². The fraction of sp³-hybridized carbons (Fsp3) is 0.625. The van der Waals surface area contributed by atoms with Crippen molar-refractivity contribution in [2.75, 3.05) is 13.7 Å². The number of benzene rings is 1. The summed E-state index contributed by atoms with van der Waals surface area (Å²) in [5.41, 5.74) is -0.0817. The second-order valence-electron chi connectivity index (χ2n) is 14.6. The number of carboxylic acids is 1. The maximum atomic E-state index is 13.4. The fourth-order valence-corrected chi connectivity index (χ4v) is 7.29. The molecule has 5 atom stereocenters. The Balaban J connectivity index is 1.24. The number of hydrogen-bond donors (Lipinski definition) is 4. The van der Waals surface area contributed by atoms with E-state index in [0.29, 0.717) is 23.1 Å². The highest BCUT2D eigenvalue weighted by Gasteiger charge is 2.68. The Morgan fingerprint density at radius 1 is 1.15 bits per heavy atom. The van der Waals surface area contributed by atoms with E-state index in [-0.39, 0.29) is 48.9 Å². The first-order valence-electron chi connectivity index (χ1n) is 16.1. The third kappa shape index (κ3) is 7.44. The van der Waals surface area contributed by atoms with Gasteiger partial charge in [-0.05, 0) is 75.8 Å². The minimum absolute atomic E-state index is 0.0133. The summed E-state index contributed by atoms with van der Waals surface area (Å²) in [7, 11) is 0.627. The molecular weight excluding hydrogens is 623 g/mol. The summed E-state index contributed by atoms with van der Waals surface area (Å²) in [5.74, 6) is -1.60. The largest absolute Gasteiger partial charge is 0.496 e. The summed E-state index contributed by atoms with van der Waals surface area (Å²) in [6.45, 7) is 11.4. The van der Waals surface area contributed by atoms with Gasteiger partial charge in [0, 0.05) is 0 Å². The monoisotopic (exact) mass is 668 g/mol. The number of rotatable bonds is 12. The van der Waals surface area contributed by atoms with Gasteiger partial charge in [0.15, 0.2) is 0 Å². The van der Waals surface area contributed by atoms with Gasteiger partial charge >= 0.3 is 19.2 Å². The molecule has 1 aromatic carbocycles.